The summed E-state index contributed by atoms with van der Waals surface area (Å²) in [5.74, 6) is 2.38. The van der Waals surface area contributed by atoms with Crippen LogP contribution in [0.15, 0.2) is 44.5 Å². The number of hydrogen-bond acceptors (Lipinski definition) is 6. The van der Waals surface area contributed by atoms with Gasteiger partial charge in [0, 0.05) is 47.0 Å². The molecule has 0 aliphatic carbocycles. The highest BCUT2D eigenvalue weighted by atomic mass is 79.9. The third-order valence-corrected chi connectivity index (χ3v) is 6.10. The molecule has 0 amide bonds. The Morgan fingerprint density at radius 3 is 2.86 bits per heavy atom. The lowest BCUT2D eigenvalue weighted by atomic mass is 10.3. The molecule has 3 N–H and O–H groups in total. The van der Waals surface area contributed by atoms with Crippen molar-refractivity contribution in [3.8, 4) is 0 Å². The first-order valence-electron chi connectivity index (χ1n) is 9.71. The molecule has 0 atom stereocenters. The van der Waals surface area contributed by atoms with Crippen LogP contribution in [0, 0.1) is 0 Å². The normalized spacial score (nSPS) is 16.6. The van der Waals surface area contributed by atoms with Gasteiger partial charge in [-0.1, -0.05) is 28.9 Å². The van der Waals surface area contributed by atoms with E-state index in [1.54, 1.807) is 11.8 Å². The lowest BCUT2D eigenvalue weighted by Gasteiger charge is -2.26. The Balaban J connectivity index is 1.94. The van der Waals surface area contributed by atoms with Crippen LogP contribution in [0.4, 0.5) is 5.69 Å². The number of halogens is 1. The van der Waals surface area contributed by atoms with Crippen LogP contribution >= 0.6 is 27.7 Å². The smallest absolute Gasteiger partial charge is 0.138 e. The van der Waals surface area contributed by atoms with E-state index in [9.17, 15) is 0 Å². The minimum atomic E-state index is 0.179. The number of aliphatic hydroxyl groups excluding tert-OH is 1. The molecule has 0 aromatic heterocycles. The lowest BCUT2D eigenvalue weighted by Crippen LogP contribution is -2.40. The summed E-state index contributed by atoms with van der Waals surface area (Å²) >= 11 is 5.28. The highest BCUT2D eigenvalue weighted by molar-refractivity contribution is 9.11. The van der Waals surface area contributed by atoms with E-state index in [0.29, 0.717) is 5.75 Å². The largest absolute Gasteiger partial charge is 0.396 e. The zero-order chi connectivity index (χ0) is 20.2. The molecule has 1 saturated heterocycles. The first kappa shape index (κ1) is 23.2. The van der Waals surface area contributed by atoms with Crippen LogP contribution < -0.4 is 10.6 Å². The van der Waals surface area contributed by atoms with E-state index in [2.05, 4.69) is 44.5 Å². The maximum absolute atomic E-state index is 8.99. The number of anilines is 1. The second-order valence-corrected chi connectivity index (χ2v) is 8.54. The van der Waals surface area contributed by atoms with E-state index in [-0.39, 0.29) is 6.61 Å². The Morgan fingerprint density at radius 2 is 2.14 bits per heavy atom. The number of hydrogen-bond donors (Lipinski definition) is 3. The van der Waals surface area contributed by atoms with Gasteiger partial charge in [-0.3, -0.25) is 4.90 Å². The summed E-state index contributed by atoms with van der Waals surface area (Å²) in [7, 11) is 0. The van der Waals surface area contributed by atoms with Crippen LogP contribution in [0.25, 0.3) is 0 Å². The molecule has 0 radical (unpaired) electrons. The summed E-state index contributed by atoms with van der Waals surface area (Å²) < 4.78 is 6.46. The zero-order valence-corrected chi connectivity index (χ0v) is 19.1. The summed E-state index contributed by atoms with van der Waals surface area (Å²) in [6, 6.07) is 8.15. The van der Waals surface area contributed by atoms with Crippen molar-refractivity contribution in [2.45, 2.75) is 25.2 Å². The van der Waals surface area contributed by atoms with Gasteiger partial charge in [0.05, 0.1) is 19.8 Å². The van der Waals surface area contributed by atoms with Gasteiger partial charge in [-0.05, 0) is 31.5 Å². The number of allylic oxidation sites excluding steroid dienone is 1. The topological polar surface area (TPSA) is 69.1 Å². The number of amidine groups is 1. The summed E-state index contributed by atoms with van der Waals surface area (Å²) in [6.45, 7) is 9.68. The van der Waals surface area contributed by atoms with Gasteiger partial charge in [0.15, 0.2) is 0 Å². The maximum atomic E-state index is 8.99. The van der Waals surface area contributed by atoms with Gasteiger partial charge in [-0.2, -0.15) is 0 Å². The van der Waals surface area contributed by atoms with Gasteiger partial charge in [0.2, 0.25) is 0 Å². The van der Waals surface area contributed by atoms with Crippen LogP contribution in [0.3, 0.4) is 0 Å². The second kappa shape index (κ2) is 13.2. The van der Waals surface area contributed by atoms with Crippen molar-refractivity contribution < 1.29 is 9.84 Å². The third-order valence-electron chi connectivity index (χ3n) is 4.19. The van der Waals surface area contributed by atoms with Crippen molar-refractivity contribution in [1.29, 1.82) is 0 Å². The molecule has 0 bridgehead atoms. The van der Waals surface area contributed by atoms with Gasteiger partial charge in [-0.15, -0.1) is 11.8 Å². The van der Waals surface area contributed by atoms with Crippen molar-refractivity contribution >= 4 is 39.2 Å². The SMILES string of the molecule is CC/C(Br)=C(\N=C(/C)Nc1cccc(SCCO)c1)NCCN1CCOCC1. The number of nitrogens with one attached hydrogen (secondary N) is 2. The molecule has 6 nitrogen and oxygen atoms in total. The van der Waals surface area contributed by atoms with E-state index < -0.39 is 0 Å². The maximum Gasteiger partial charge on any atom is 0.138 e. The molecular weight excluding hydrogens is 440 g/mol. The van der Waals surface area contributed by atoms with Crippen molar-refractivity contribution in [2.24, 2.45) is 4.99 Å². The summed E-state index contributed by atoms with van der Waals surface area (Å²) in [5, 5.41) is 15.8. The quantitative estimate of drug-likeness (QED) is 0.276. The van der Waals surface area contributed by atoms with Gasteiger partial charge in [0.1, 0.15) is 11.7 Å². The lowest BCUT2D eigenvalue weighted by molar-refractivity contribution is 0.0387. The van der Waals surface area contributed by atoms with Crippen LogP contribution in [-0.2, 0) is 4.74 Å². The van der Waals surface area contributed by atoms with Crippen LogP contribution in [0.5, 0.6) is 0 Å². The van der Waals surface area contributed by atoms with Crippen molar-refractivity contribution in [3.63, 3.8) is 0 Å². The molecule has 0 saturated carbocycles. The van der Waals surface area contributed by atoms with E-state index in [4.69, 9.17) is 14.8 Å². The van der Waals surface area contributed by atoms with Crippen molar-refractivity contribution in [1.82, 2.24) is 10.2 Å². The fourth-order valence-electron chi connectivity index (χ4n) is 2.75. The summed E-state index contributed by atoms with van der Waals surface area (Å²) in [4.78, 5) is 8.28. The fourth-order valence-corrected chi connectivity index (χ4v) is 3.69. The minimum absolute atomic E-state index is 0.179. The predicted molar refractivity (Wildman–Crippen MR) is 122 cm³/mol. The molecule has 1 heterocycles. The second-order valence-electron chi connectivity index (χ2n) is 6.41. The number of morpholine rings is 1. The summed E-state index contributed by atoms with van der Waals surface area (Å²) in [6.07, 6.45) is 0.879. The summed E-state index contributed by atoms with van der Waals surface area (Å²) in [5.41, 5.74) is 0.990. The molecule has 1 aliphatic heterocycles. The Bertz CT molecular complexity index is 663. The van der Waals surface area contributed by atoms with E-state index in [1.807, 2.05) is 25.1 Å². The van der Waals surface area contributed by atoms with E-state index >= 15 is 0 Å². The fraction of sp³-hybridized carbons (Fsp3) is 0.550. The van der Waals surface area contributed by atoms with Crippen LogP contribution in [0.1, 0.15) is 20.3 Å². The zero-order valence-electron chi connectivity index (χ0n) is 16.7. The van der Waals surface area contributed by atoms with Gasteiger partial charge in [-0.25, -0.2) is 4.99 Å². The standard InChI is InChI=1S/C20H31BrN4O2S/c1-3-19(21)20(22-7-8-25-9-12-27-13-10-25)24-16(2)23-17-5-4-6-18(15-17)28-14-11-26/h4-6,15,22,26H,3,7-14H2,1-2H3,(H,23,24)/b20-19+. The Labute approximate surface area is 180 Å². The van der Waals surface area contributed by atoms with Crippen LogP contribution in [-0.4, -0.2) is 67.6 Å². The van der Waals surface area contributed by atoms with E-state index in [1.165, 1.54) is 0 Å². The highest BCUT2D eigenvalue weighted by Crippen LogP contribution is 2.21. The molecule has 1 aliphatic rings. The van der Waals surface area contributed by atoms with E-state index in [0.717, 1.165) is 72.5 Å². The first-order valence-corrected chi connectivity index (χ1v) is 11.5. The van der Waals surface area contributed by atoms with Crippen molar-refractivity contribution in [2.75, 3.05) is 57.1 Å². The van der Waals surface area contributed by atoms with Gasteiger partial charge in [0.25, 0.3) is 0 Å². The molecule has 28 heavy (non-hydrogen) atoms. The van der Waals surface area contributed by atoms with Gasteiger partial charge < -0.3 is 20.5 Å². The Kier molecular flexibility index (Phi) is 11.0. The number of nitrogens with zero attached hydrogens (tertiary/aromatic N) is 2. The Hall–Kier alpha value is -1.06. The van der Waals surface area contributed by atoms with Crippen molar-refractivity contribution in [3.05, 3.63) is 34.6 Å². The average molecular weight is 471 g/mol. The molecule has 0 spiro atoms. The predicted octanol–water partition coefficient (Wildman–Crippen LogP) is 3.50. The number of benzene rings is 1. The average Bonchev–Trinajstić information content (AvgIpc) is 2.72. The third kappa shape index (κ3) is 8.53. The molecule has 8 heteroatoms. The molecule has 0 unspecified atom stereocenters. The molecule has 156 valence electrons. The monoisotopic (exact) mass is 470 g/mol. The first-order chi connectivity index (χ1) is 13.6. The molecule has 1 fully saturated rings. The number of aliphatic hydroxyl groups is 1. The Morgan fingerprint density at radius 1 is 1.36 bits per heavy atom. The number of ether oxygens (including phenoxy) is 1. The number of rotatable bonds is 10. The molecule has 2 rings (SSSR count). The number of thioether (sulfide) groups is 1. The highest BCUT2D eigenvalue weighted by Gasteiger charge is 2.10. The molecule has 1 aromatic rings. The molecular formula is C20H31BrN4O2S. The minimum Gasteiger partial charge on any atom is -0.396 e. The number of aliphatic imine (C=N–C) groups is 1. The van der Waals surface area contributed by atoms with Crippen LogP contribution in [0.2, 0.25) is 0 Å². The molecule has 1 aromatic carbocycles. The van der Waals surface area contributed by atoms with Gasteiger partial charge >= 0.3 is 0 Å².